The van der Waals surface area contributed by atoms with Gasteiger partial charge in [0, 0.05) is 34.1 Å². The minimum atomic E-state index is -3.47. The van der Waals surface area contributed by atoms with Crippen LogP contribution in [0.25, 0.3) is 11.3 Å². The van der Waals surface area contributed by atoms with Gasteiger partial charge in [0.05, 0.1) is 15.8 Å². The van der Waals surface area contributed by atoms with Gasteiger partial charge in [-0.1, -0.05) is 40.4 Å². The van der Waals surface area contributed by atoms with Gasteiger partial charge in [0.15, 0.2) is 15.0 Å². The fraction of sp³-hybridized carbons (Fsp3) is 0.318. The largest absolute Gasteiger partial charge is 0.348 e. The molecule has 0 aliphatic carbocycles. The lowest BCUT2D eigenvalue weighted by Gasteiger charge is -2.31. The number of anilines is 1. The number of piperidine rings is 1. The number of thiazole rings is 1. The molecule has 1 saturated heterocycles. The van der Waals surface area contributed by atoms with E-state index in [0.717, 1.165) is 16.4 Å². The summed E-state index contributed by atoms with van der Waals surface area (Å²) >= 11 is 13.6. The summed E-state index contributed by atoms with van der Waals surface area (Å²) in [6, 6.07) is 10.9. The minimum Gasteiger partial charge on any atom is -0.348 e. The normalized spacial score (nSPS) is 15.5. The third-order valence-electron chi connectivity index (χ3n) is 5.33. The molecule has 0 amide bonds. The van der Waals surface area contributed by atoms with E-state index < -0.39 is 15.1 Å². The standard InChI is InChI=1S/C22H22Cl2N2O2S2/c1-14-7-15(2)9-16(8-14)21-13-29-22(25-21)26-5-3-19(4-6-26)30(27,28)20-11-17(23)10-18(24)12-20/h7-13,19H,3-6H2,1-2H3. The van der Waals surface area contributed by atoms with Crippen LogP contribution in [0.5, 0.6) is 0 Å². The van der Waals surface area contributed by atoms with Crippen molar-refractivity contribution in [2.75, 3.05) is 18.0 Å². The van der Waals surface area contributed by atoms with Crippen LogP contribution in [-0.4, -0.2) is 31.7 Å². The Balaban J connectivity index is 1.48. The van der Waals surface area contributed by atoms with Crippen molar-refractivity contribution in [1.29, 1.82) is 0 Å². The fourth-order valence-corrected chi connectivity index (χ4v) is 7.25. The summed E-state index contributed by atoms with van der Waals surface area (Å²) < 4.78 is 26.1. The van der Waals surface area contributed by atoms with Crippen LogP contribution < -0.4 is 4.90 Å². The number of aryl methyl sites for hydroxylation is 2. The molecule has 0 saturated carbocycles. The second kappa shape index (κ2) is 8.50. The van der Waals surface area contributed by atoms with E-state index in [2.05, 4.69) is 42.3 Å². The first-order chi connectivity index (χ1) is 14.2. The van der Waals surface area contributed by atoms with Crippen LogP contribution in [0.3, 0.4) is 0 Å². The van der Waals surface area contributed by atoms with E-state index >= 15 is 0 Å². The van der Waals surface area contributed by atoms with Gasteiger partial charge in [-0.2, -0.15) is 0 Å². The molecule has 4 rings (SSSR count). The van der Waals surface area contributed by atoms with E-state index in [1.807, 2.05) is 0 Å². The van der Waals surface area contributed by atoms with Crippen molar-refractivity contribution in [3.8, 4) is 11.3 Å². The predicted octanol–water partition coefficient (Wildman–Crippen LogP) is 6.18. The van der Waals surface area contributed by atoms with Gasteiger partial charge in [-0.05, 0) is 57.0 Å². The van der Waals surface area contributed by atoms with Crippen molar-refractivity contribution < 1.29 is 8.42 Å². The maximum absolute atomic E-state index is 13.0. The van der Waals surface area contributed by atoms with Crippen LogP contribution in [0.4, 0.5) is 5.13 Å². The Bertz CT molecular complexity index is 1140. The Labute approximate surface area is 191 Å². The summed E-state index contributed by atoms with van der Waals surface area (Å²) in [6.45, 7) is 5.47. The Morgan fingerprint density at radius 2 is 1.57 bits per heavy atom. The average Bonchev–Trinajstić information content (AvgIpc) is 3.17. The second-order valence-electron chi connectivity index (χ2n) is 7.73. The lowest BCUT2D eigenvalue weighted by molar-refractivity contribution is 0.529. The van der Waals surface area contributed by atoms with Gasteiger partial charge < -0.3 is 4.90 Å². The summed E-state index contributed by atoms with van der Waals surface area (Å²) in [6.07, 6.45) is 1.09. The van der Waals surface area contributed by atoms with Crippen LogP contribution in [0, 0.1) is 13.8 Å². The Morgan fingerprint density at radius 3 is 2.17 bits per heavy atom. The van der Waals surface area contributed by atoms with Crippen molar-refractivity contribution in [2.45, 2.75) is 36.8 Å². The topological polar surface area (TPSA) is 50.3 Å². The molecule has 0 bridgehead atoms. The Kier molecular flexibility index (Phi) is 6.13. The fourth-order valence-electron chi connectivity index (χ4n) is 3.91. The maximum atomic E-state index is 13.0. The zero-order chi connectivity index (χ0) is 21.5. The number of aromatic nitrogens is 1. The molecule has 0 atom stereocenters. The second-order valence-corrected chi connectivity index (χ2v) is 11.7. The number of halogens is 2. The summed E-state index contributed by atoms with van der Waals surface area (Å²) in [5, 5.41) is 3.23. The Morgan fingerprint density at radius 1 is 0.967 bits per heavy atom. The van der Waals surface area contributed by atoms with Crippen molar-refractivity contribution in [2.24, 2.45) is 0 Å². The molecule has 8 heteroatoms. The highest BCUT2D eigenvalue weighted by Gasteiger charge is 2.32. The number of nitrogens with zero attached hydrogens (tertiary/aromatic N) is 2. The number of hydrogen-bond acceptors (Lipinski definition) is 5. The average molecular weight is 481 g/mol. The van der Waals surface area contributed by atoms with Crippen LogP contribution in [0.2, 0.25) is 10.0 Å². The van der Waals surface area contributed by atoms with Gasteiger partial charge in [-0.25, -0.2) is 13.4 Å². The van der Waals surface area contributed by atoms with Gasteiger partial charge in [0.1, 0.15) is 0 Å². The smallest absolute Gasteiger partial charge is 0.185 e. The molecule has 1 fully saturated rings. The van der Waals surface area contributed by atoms with Crippen LogP contribution >= 0.6 is 34.5 Å². The first kappa shape index (κ1) is 21.6. The molecule has 2 aromatic carbocycles. The molecule has 0 radical (unpaired) electrons. The molecular formula is C22H22Cl2N2O2S2. The molecule has 0 spiro atoms. The molecule has 30 heavy (non-hydrogen) atoms. The number of rotatable bonds is 4. The number of sulfone groups is 1. The lowest BCUT2D eigenvalue weighted by Crippen LogP contribution is -2.39. The number of hydrogen-bond donors (Lipinski definition) is 0. The van der Waals surface area contributed by atoms with Crippen LogP contribution in [0.15, 0.2) is 46.7 Å². The highest BCUT2D eigenvalue weighted by atomic mass is 35.5. The van der Waals surface area contributed by atoms with Crippen molar-refractivity contribution in [3.05, 3.63) is 63.0 Å². The van der Waals surface area contributed by atoms with E-state index in [1.165, 1.54) is 23.3 Å². The summed E-state index contributed by atoms with van der Waals surface area (Å²) in [4.78, 5) is 7.19. The minimum absolute atomic E-state index is 0.199. The monoisotopic (exact) mass is 480 g/mol. The van der Waals surface area contributed by atoms with Gasteiger partial charge >= 0.3 is 0 Å². The zero-order valence-electron chi connectivity index (χ0n) is 16.7. The van der Waals surface area contributed by atoms with Crippen molar-refractivity contribution in [1.82, 2.24) is 4.98 Å². The van der Waals surface area contributed by atoms with Crippen LogP contribution in [0.1, 0.15) is 24.0 Å². The molecule has 0 N–H and O–H groups in total. The molecule has 1 aliphatic rings. The highest BCUT2D eigenvalue weighted by Crippen LogP contribution is 2.33. The van der Waals surface area contributed by atoms with Gasteiger partial charge in [0.25, 0.3) is 0 Å². The number of benzene rings is 2. The maximum Gasteiger partial charge on any atom is 0.185 e. The molecular weight excluding hydrogens is 459 g/mol. The highest BCUT2D eigenvalue weighted by molar-refractivity contribution is 7.92. The first-order valence-corrected chi connectivity index (χ1v) is 12.9. The quantitative estimate of drug-likeness (QED) is 0.447. The molecule has 1 aromatic heterocycles. The van der Waals surface area contributed by atoms with Gasteiger partial charge in [0.2, 0.25) is 0 Å². The van der Waals surface area contributed by atoms with Crippen LogP contribution in [-0.2, 0) is 9.84 Å². The first-order valence-electron chi connectivity index (χ1n) is 9.71. The summed E-state index contributed by atoms with van der Waals surface area (Å²) in [5.41, 5.74) is 4.51. The summed E-state index contributed by atoms with van der Waals surface area (Å²) in [5.74, 6) is 0. The molecule has 3 aromatic rings. The molecule has 2 heterocycles. The Hall–Kier alpha value is -1.60. The van der Waals surface area contributed by atoms with E-state index in [0.29, 0.717) is 36.0 Å². The van der Waals surface area contributed by atoms with E-state index in [-0.39, 0.29) is 4.90 Å². The molecule has 1 aliphatic heterocycles. The van der Waals surface area contributed by atoms with E-state index in [1.54, 1.807) is 17.4 Å². The van der Waals surface area contributed by atoms with Crippen molar-refractivity contribution in [3.63, 3.8) is 0 Å². The van der Waals surface area contributed by atoms with E-state index in [4.69, 9.17) is 28.2 Å². The van der Waals surface area contributed by atoms with Gasteiger partial charge in [-0.15, -0.1) is 11.3 Å². The SMILES string of the molecule is Cc1cc(C)cc(-c2csc(N3CCC(S(=O)(=O)c4cc(Cl)cc(Cl)c4)CC3)n2)c1. The van der Waals surface area contributed by atoms with E-state index in [9.17, 15) is 8.42 Å². The molecule has 4 nitrogen and oxygen atoms in total. The molecule has 0 unspecified atom stereocenters. The molecule has 158 valence electrons. The van der Waals surface area contributed by atoms with Crippen molar-refractivity contribution >= 4 is 49.5 Å². The predicted molar refractivity (Wildman–Crippen MR) is 126 cm³/mol. The lowest BCUT2D eigenvalue weighted by atomic mass is 10.1. The zero-order valence-corrected chi connectivity index (χ0v) is 19.9. The summed E-state index contributed by atoms with van der Waals surface area (Å²) in [7, 11) is -3.47. The van der Waals surface area contributed by atoms with Gasteiger partial charge in [-0.3, -0.25) is 0 Å². The third kappa shape index (κ3) is 4.52. The third-order valence-corrected chi connectivity index (χ3v) is 8.91.